The molecule has 0 aromatic carbocycles. The Hall–Kier alpha value is 0.1000. The van der Waals surface area contributed by atoms with Gasteiger partial charge in [0.15, 0.2) is 0 Å². The number of thiophene rings is 1. The van der Waals surface area contributed by atoms with Gasteiger partial charge in [0, 0.05) is 33.9 Å². The highest BCUT2D eigenvalue weighted by molar-refractivity contribution is 9.10. The van der Waals surface area contributed by atoms with Gasteiger partial charge in [-0.15, -0.1) is 11.3 Å². The number of hydrogen-bond acceptors (Lipinski definition) is 3. The second-order valence-corrected chi connectivity index (χ2v) is 8.35. The van der Waals surface area contributed by atoms with E-state index in [4.69, 9.17) is 0 Å². The summed E-state index contributed by atoms with van der Waals surface area (Å²) in [6, 6.07) is 2.97. The number of hydrogen-bond donors (Lipinski definition) is 1. The van der Waals surface area contributed by atoms with E-state index in [-0.39, 0.29) is 0 Å². The van der Waals surface area contributed by atoms with Crippen molar-refractivity contribution in [2.45, 2.75) is 52.1 Å². The first-order chi connectivity index (χ1) is 10.1. The summed E-state index contributed by atoms with van der Waals surface area (Å²) in [5, 5.41) is 5.90. The molecule has 0 spiro atoms. The summed E-state index contributed by atoms with van der Waals surface area (Å²) < 4.78 is 1.21. The Morgan fingerprint density at radius 2 is 2.19 bits per heavy atom. The quantitative estimate of drug-likeness (QED) is 0.742. The van der Waals surface area contributed by atoms with Crippen LogP contribution in [0.1, 0.15) is 44.4 Å². The van der Waals surface area contributed by atoms with Crippen molar-refractivity contribution in [3.05, 3.63) is 20.8 Å². The molecule has 3 unspecified atom stereocenters. The molecule has 1 aliphatic carbocycles. The standard InChI is InChI=1S/C17H29BrN2S/c1-4-13-6-7-17(19-5-2)14(8-13)10-20(3)11-16-9-15(18)12-21-16/h9,12-14,17,19H,4-8,10-11H2,1-3H3. The van der Waals surface area contributed by atoms with Gasteiger partial charge in [-0.2, -0.15) is 0 Å². The van der Waals surface area contributed by atoms with Gasteiger partial charge < -0.3 is 10.2 Å². The Balaban J connectivity index is 1.89. The van der Waals surface area contributed by atoms with Crippen molar-refractivity contribution in [3.8, 4) is 0 Å². The first-order valence-corrected chi connectivity index (χ1v) is 9.94. The van der Waals surface area contributed by atoms with Crippen LogP contribution in [0.2, 0.25) is 0 Å². The van der Waals surface area contributed by atoms with Crippen LogP contribution < -0.4 is 5.32 Å². The third kappa shape index (κ3) is 5.34. The molecule has 1 aliphatic rings. The number of rotatable bonds is 7. The van der Waals surface area contributed by atoms with Crippen molar-refractivity contribution < 1.29 is 0 Å². The monoisotopic (exact) mass is 372 g/mol. The van der Waals surface area contributed by atoms with Crippen molar-refractivity contribution in [2.75, 3.05) is 20.1 Å². The fourth-order valence-electron chi connectivity index (χ4n) is 3.63. The van der Waals surface area contributed by atoms with E-state index in [0.717, 1.165) is 31.0 Å². The molecular weight excluding hydrogens is 344 g/mol. The van der Waals surface area contributed by atoms with Crippen LogP contribution in [0.5, 0.6) is 0 Å². The van der Waals surface area contributed by atoms with Gasteiger partial charge >= 0.3 is 0 Å². The molecule has 0 aliphatic heterocycles. The van der Waals surface area contributed by atoms with Crippen LogP contribution in [0, 0.1) is 11.8 Å². The van der Waals surface area contributed by atoms with Crippen molar-refractivity contribution >= 4 is 27.3 Å². The highest BCUT2D eigenvalue weighted by Gasteiger charge is 2.29. The molecule has 4 heteroatoms. The number of nitrogens with one attached hydrogen (secondary N) is 1. The largest absolute Gasteiger partial charge is 0.314 e. The predicted octanol–water partition coefficient (Wildman–Crippen LogP) is 4.75. The third-order valence-electron chi connectivity index (χ3n) is 4.73. The first-order valence-electron chi connectivity index (χ1n) is 8.27. The molecule has 1 aromatic heterocycles. The minimum absolute atomic E-state index is 0.718. The summed E-state index contributed by atoms with van der Waals surface area (Å²) >= 11 is 5.40. The van der Waals surface area contributed by atoms with Crippen LogP contribution in [0.3, 0.4) is 0 Å². The second kappa shape index (κ2) is 8.66. The molecule has 3 atom stereocenters. The molecule has 21 heavy (non-hydrogen) atoms. The van der Waals surface area contributed by atoms with Crippen molar-refractivity contribution in [2.24, 2.45) is 11.8 Å². The second-order valence-electron chi connectivity index (χ2n) is 6.44. The first kappa shape index (κ1) is 17.5. The summed E-state index contributed by atoms with van der Waals surface area (Å²) in [5.41, 5.74) is 0. The summed E-state index contributed by atoms with van der Waals surface area (Å²) in [5.74, 6) is 1.74. The van der Waals surface area contributed by atoms with Gasteiger partial charge in [0.2, 0.25) is 0 Å². The van der Waals surface area contributed by atoms with Gasteiger partial charge in [0.1, 0.15) is 0 Å². The Labute approximate surface area is 142 Å². The zero-order chi connectivity index (χ0) is 15.2. The predicted molar refractivity (Wildman–Crippen MR) is 96.9 cm³/mol. The van der Waals surface area contributed by atoms with Crippen molar-refractivity contribution in [1.29, 1.82) is 0 Å². The Kier molecular flexibility index (Phi) is 7.20. The van der Waals surface area contributed by atoms with Gasteiger partial charge in [0.05, 0.1) is 0 Å². The van der Waals surface area contributed by atoms with Crippen LogP contribution in [0.25, 0.3) is 0 Å². The zero-order valence-electron chi connectivity index (χ0n) is 13.6. The third-order valence-corrected chi connectivity index (χ3v) is 6.41. The Morgan fingerprint density at radius 1 is 1.38 bits per heavy atom. The maximum atomic E-state index is 3.72. The summed E-state index contributed by atoms with van der Waals surface area (Å²) in [4.78, 5) is 3.96. The maximum Gasteiger partial charge on any atom is 0.0325 e. The van der Waals surface area contributed by atoms with Gasteiger partial charge in [-0.05, 0) is 66.7 Å². The average molecular weight is 373 g/mol. The van der Waals surface area contributed by atoms with Crippen molar-refractivity contribution in [1.82, 2.24) is 10.2 Å². The molecule has 0 radical (unpaired) electrons. The maximum absolute atomic E-state index is 3.72. The lowest BCUT2D eigenvalue weighted by molar-refractivity contribution is 0.150. The van der Waals surface area contributed by atoms with E-state index in [1.165, 1.54) is 41.6 Å². The Bertz CT molecular complexity index is 421. The molecule has 0 bridgehead atoms. The summed E-state index contributed by atoms with van der Waals surface area (Å²) in [6.07, 6.45) is 5.51. The lowest BCUT2D eigenvalue weighted by Gasteiger charge is -2.38. The van der Waals surface area contributed by atoms with E-state index >= 15 is 0 Å². The Morgan fingerprint density at radius 3 is 2.81 bits per heavy atom. The van der Waals surface area contributed by atoms with Crippen LogP contribution in [0.15, 0.2) is 15.9 Å². The molecular formula is C17H29BrN2S. The molecule has 2 rings (SSSR count). The highest BCUT2D eigenvalue weighted by Crippen LogP contribution is 2.32. The lowest BCUT2D eigenvalue weighted by atomic mass is 9.76. The molecule has 1 saturated carbocycles. The number of halogens is 1. The van der Waals surface area contributed by atoms with Crippen molar-refractivity contribution in [3.63, 3.8) is 0 Å². The van der Waals surface area contributed by atoms with E-state index in [1.54, 1.807) is 0 Å². The average Bonchev–Trinajstić information content (AvgIpc) is 2.86. The molecule has 1 fully saturated rings. The van der Waals surface area contributed by atoms with E-state index < -0.39 is 0 Å². The molecule has 0 saturated heterocycles. The fourth-order valence-corrected chi connectivity index (χ4v) is 5.16. The minimum Gasteiger partial charge on any atom is -0.314 e. The fraction of sp³-hybridized carbons (Fsp3) is 0.765. The molecule has 0 amide bonds. The van der Waals surface area contributed by atoms with E-state index in [2.05, 4.69) is 58.5 Å². The smallest absolute Gasteiger partial charge is 0.0325 e. The van der Waals surface area contributed by atoms with Crippen LogP contribution in [-0.4, -0.2) is 31.1 Å². The summed E-state index contributed by atoms with van der Waals surface area (Å²) in [7, 11) is 2.27. The SMILES string of the molecule is CCNC1CCC(CC)CC1CN(C)Cc1cc(Br)cs1. The molecule has 1 N–H and O–H groups in total. The minimum atomic E-state index is 0.718. The topological polar surface area (TPSA) is 15.3 Å². The molecule has 120 valence electrons. The van der Waals surface area contributed by atoms with E-state index in [9.17, 15) is 0 Å². The van der Waals surface area contributed by atoms with E-state index in [0.29, 0.717) is 0 Å². The summed E-state index contributed by atoms with van der Waals surface area (Å²) in [6.45, 7) is 7.96. The van der Waals surface area contributed by atoms with Crippen LogP contribution in [0.4, 0.5) is 0 Å². The highest BCUT2D eigenvalue weighted by atomic mass is 79.9. The van der Waals surface area contributed by atoms with Gasteiger partial charge in [-0.3, -0.25) is 0 Å². The normalized spacial score (nSPS) is 26.4. The molecule has 1 aromatic rings. The lowest BCUT2D eigenvalue weighted by Crippen LogP contribution is -2.45. The molecule has 2 nitrogen and oxygen atoms in total. The van der Waals surface area contributed by atoms with Gasteiger partial charge in [-0.1, -0.05) is 20.3 Å². The van der Waals surface area contributed by atoms with Gasteiger partial charge in [0.25, 0.3) is 0 Å². The number of nitrogens with zero attached hydrogens (tertiary/aromatic N) is 1. The van der Waals surface area contributed by atoms with Gasteiger partial charge in [-0.25, -0.2) is 0 Å². The van der Waals surface area contributed by atoms with Crippen LogP contribution >= 0.6 is 27.3 Å². The van der Waals surface area contributed by atoms with E-state index in [1.807, 2.05) is 11.3 Å². The molecule has 1 heterocycles. The van der Waals surface area contributed by atoms with Crippen LogP contribution in [-0.2, 0) is 6.54 Å². The zero-order valence-corrected chi connectivity index (χ0v) is 16.0.